The molecule has 0 spiro atoms. The molecule has 7 nitrogen and oxygen atoms in total. The van der Waals surface area contributed by atoms with Crippen molar-refractivity contribution in [3.05, 3.63) is 107 Å². The maximum Gasteiger partial charge on any atom is 0.310 e. The monoisotopic (exact) mass is 618 g/mol. The van der Waals surface area contributed by atoms with Gasteiger partial charge in [-0.25, -0.2) is 8.78 Å². The van der Waals surface area contributed by atoms with Crippen LogP contribution >= 0.6 is 0 Å². The van der Waals surface area contributed by atoms with Crippen LogP contribution in [0.5, 0.6) is 0 Å². The van der Waals surface area contributed by atoms with Crippen LogP contribution in [0.15, 0.2) is 84.0 Å². The number of esters is 1. The predicted octanol–water partition coefficient (Wildman–Crippen LogP) is 5.31. The van der Waals surface area contributed by atoms with E-state index in [4.69, 9.17) is 18.9 Å². The molecule has 2 heterocycles. The fourth-order valence-electron chi connectivity index (χ4n) is 8.56. The van der Waals surface area contributed by atoms with Gasteiger partial charge in [-0.15, -0.1) is 0 Å². The lowest BCUT2D eigenvalue weighted by Crippen LogP contribution is -2.70. The van der Waals surface area contributed by atoms with E-state index < -0.39 is 70.5 Å². The van der Waals surface area contributed by atoms with Gasteiger partial charge in [-0.3, -0.25) is 9.59 Å². The smallest absolute Gasteiger partial charge is 0.310 e. The third kappa shape index (κ3) is 4.35. The number of benzene rings is 2. The van der Waals surface area contributed by atoms with E-state index in [1.165, 1.54) is 6.07 Å². The summed E-state index contributed by atoms with van der Waals surface area (Å²) in [7, 11) is 0. The summed E-state index contributed by atoms with van der Waals surface area (Å²) < 4.78 is 54.7. The van der Waals surface area contributed by atoms with E-state index in [9.17, 15) is 23.5 Å². The van der Waals surface area contributed by atoms with Gasteiger partial charge < -0.3 is 24.1 Å². The second kappa shape index (κ2) is 10.3. The number of carbonyl (C=O) groups is 2. The first-order valence-electron chi connectivity index (χ1n) is 15.4. The van der Waals surface area contributed by atoms with E-state index in [2.05, 4.69) is 6.58 Å². The van der Waals surface area contributed by atoms with Gasteiger partial charge in [-0.05, 0) is 60.6 Å². The molecule has 0 amide bonds. The Bertz CT molecular complexity index is 1650. The molecule has 45 heavy (non-hydrogen) atoms. The number of hydrogen-bond donors (Lipinski definition) is 1. The average molecular weight is 619 g/mol. The van der Waals surface area contributed by atoms with Crippen LogP contribution < -0.4 is 0 Å². The summed E-state index contributed by atoms with van der Waals surface area (Å²) in [6.07, 6.45) is 3.19. The minimum atomic E-state index is -1.88. The molecule has 5 aliphatic rings. The fourth-order valence-corrected chi connectivity index (χ4v) is 8.56. The molecule has 9 heteroatoms. The maximum absolute atomic E-state index is 14.2. The highest BCUT2D eigenvalue weighted by atomic mass is 19.1. The molecule has 0 aromatic heterocycles. The first kappa shape index (κ1) is 30.2. The standard InChI is InChI=1S/C36H36F2O7/c1-20(2)34-16-22(4)36-26(32(34)43-35(44-34,45-36)18-23-9-6-5-7-10-23)14-24(17-33(41)29(36)13-21(3)31(33)40)19-42-30(39)15-25-27(37)11-8-12-28(25)38/h5-14,22,26,29,32,41H,1,15-19H2,2-4H3/t22-,26+,29-,32-,33-,34+,35?,36-/m1/s1. The van der Waals surface area contributed by atoms with Crippen molar-refractivity contribution in [2.45, 2.75) is 75.3 Å². The number of Topliss-reactive ketones (excluding diaryl/α,β-unsaturated/α-hetero) is 1. The Morgan fingerprint density at radius 1 is 1.09 bits per heavy atom. The molecular formula is C36H36F2O7. The highest BCUT2D eigenvalue weighted by Crippen LogP contribution is 2.68. The van der Waals surface area contributed by atoms with Gasteiger partial charge in [0.25, 0.3) is 5.97 Å². The maximum atomic E-state index is 14.2. The number of ketones is 1. The minimum Gasteiger partial charge on any atom is -0.461 e. The molecule has 3 fully saturated rings. The van der Waals surface area contributed by atoms with Crippen molar-refractivity contribution >= 4 is 11.8 Å². The summed E-state index contributed by atoms with van der Waals surface area (Å²) in [5, 5.41) is 12.3. The van der Waals surface area contributed by atoms with E-state index >= 15 is 0 Å². The van der Waals surface area contributed by atoms with Crippen LogP contribution in [-0.4, -0.2) is 52.3 Å². The van der Waals surface area contributed by atoms with Crippen molar-refractivity contribution in [3.63, 3.8) is 0 Å². The Morgan fingerprint density at radius 2 is 1.80 bits per heavy atom. The molecule has 7 rings (SSSR count). The zero-order valence-electron chi connectivity index (χ0n) is 25.5. The topological polar surface area (TPSA) is 91.3 Å². The second-order valence-electron chi connectivity index (χ2n) is 13.4. The van der Waals surface area contributed by atoms with Crippen molar-refractivity contribution in [1.29, 1.82) is 0 Å². The number of ether oxygens (including phenoxy) is 4. The van der Waals surface area contributed by atoms with Crippen LogP contribution in [0.1, 0.15) is 44.7 Å². The van der Waals surface area contributed by atoms with Crippen LogP contribution in [0.25, 0.3) is 0 Å². The molecule has 8 atom stereocenters. The number of aliphatic hydroxyl groups is 1. The van der Waals surface area contributed by atoms with Crippen molar-refractivity contribution in [1.82, 2.24) is 0 Å². The van der Waals surface area contributed by atoms with Gasteiger partial charge in [0.1, 0.15) is 35.5 Å². The van der Waals surface area contributed by atoms with Gasteiger partial charge in [0.05, 0.1) is 18.4 Å². The molecule has 2 saturated heterocycles. The van der Waals surface area contributed by atoms with Gasteiger partial charge in [-0.1, -0.05) is 62.1 Å². The van der Waals surface area contributed by atoms with Crippen LogP contribution in [-0.2, 0) is 41.4 Å². The molecule has 1 N–H and O–H groups in total. The molecule has 2 aliphatic heterocycles. The van der Waals surface area contributed by atoms with Crippen LogP contribution in [0.3, 0.4) is 0 Å². The molecule has 3 aliphatic carbocycles. The van der Waals surface area contributed by atoms with Crippen molar-refractivity contribution in [3.8, 4) is 0 Å². The third-order valence-electron chi connectivity index (χ3n) is 10.5. The number of hydrogen-bond acceptors (Lipinski definition) is 7. The largest absolute Gasteiger partial charge is 0.461 e. The lowest BCUT2D eigenvalue weighted by Gasteiger charge is -2.59. The van der Waals surface area contributed by atoms with Gasteiger partial charge in [0, 0.05) is 23.8 Å². The highest BCUT2D eigenvalue weighted by Gasteiger charge is 2.79. The normalized spacial score (nSPS) is 37.8. The molecule has 236 valence electrons. The van der Waals surface area contributed by atoms with E-state index in [0.29, 0.717) is 17.6 Å². The SMILES string of the molecule is C=C(C)[C@@]12C[C@@H](C)[C@@]34OC(Cc5ccccc5)(O[C@@H]1[C@@H]3C=C(COC(=O)Cc1c(F)cccc1F)C[C@]1(O)C(=O)C(C)=C[C@@H]41)O2. The Morgan fingerprint density at radius 3 is 2.49 bits per heavy atom. The van der Waals surface area contributed by atoms with Crippen molar-refractivity contribution < 1.29 is 42.4 Å². The van der Waals surface area contributed by atoms with E-state index in [1.807, 2.05) is 56.3 Å². The Labute approximate surface area is 260 Å². The van der Waals surface area contributed by atoms with E-state index in [1.54, 1.807) is 6.92 Å². The van der Waals surface area contributed by atoms with Gasteiger partial charge >= 0.3 is 5.97 Å². The molecule has 2 aromatic rings. The second-order valence-corrected chi connectivity index (χ2v) is 13.4. The molecular weight excluding hydrogens is 582 g/mol. The van der Waals surface area contributed by atoms with Crippen LogP contribution in [0.4, 0.5) is 8.78 Å². The molecule has 3 bridgehead atoms. The quantitative estimate of drug-likeness (QED) is 0.332. The summed E-state index contributed by atoms with van der Waals surface area (Å²) in [5.41, 5.74) is -1.68. The summed E-state index contributed by atoms with van der Waals surface area (Å²) in [6.45, 7) is 9.65. The van der Waals surface area contributed by atoms with Gasteiger partial charge in [-0.2, -0.15) is 0 Å². The van der Waals surface area contributed by atoms with Crippen LogP contribution in [0.2, 0.25) is 0 Å². The first-order valence-corrected chi connectivity index (χ1v) is 15.4. The summed E-state index contributed by atoms with van der Waals surface area (Å²) in [4.78, 5) is 26.5. The van der Waals surface area contributed by atoms with Gasteiger partial charge in [0.2, 0.25) is 0 Å². The zero-order chi connectivity index (χ0) is 31.9. The van der Waals surface area contributed by atoms with E-state index in [-0.39, 0.29) is 30.9 Å². The molecule has 1 unspecified atom stereocenters. The number of halogens is 2. The third-order valence-corrected chi connectivity index (χ3v) is 10.5. The molecule has 0 radical (unpaired) electrons. The number of fused-ring (bicyclic) bond motifs is 2. The minimum absolute atomic E-state index is 0.112. The number of rotatable bonds is 7. The molecule has 1 saturated carbocycles. The predicted molar refractivity (Wildman–Crippen MR) is 158 cm³/mol. The summed E-state index contributed by atoms with van der Waals surface area (Å²) >= 11 is 0. The lowest BCUT2D eigenvalue weighted by molar-refractivity contribution is -0.421. The first-order chi connectivity index (χ1) is 21.3. The zero-order valence-corrected chi connectivity index (χ0v) is 25.5. The Hall–Kier alpha value is -3.50. The summed E-state index contributed by atoms with van der Waals surface area (Å²) in [5.74, 6) is -5.92. The van der Waals surface area contributed by atoms with E-state index in [0.717, 1.165) is 23.3 Å². The number of carbonyl (C=O) groups excluding carboxylic acids is 2. The fraction of sp³-hybridized carbons (Fsp3) is 0.444. The Kier molecular flexibility index (Phi) is 6.87. The molecule has 2 aromatic carbocycles. The average Bonchev–Trinajstić information content (AvgIpc) is 3.30. The van der Waals surface area contributed by atoms with Crippen LogP contribution in [0, 0.1) is 29.4 Å². The lowest BCUT2D eigenvalue weighted by atomic mass is 9.55. The van der Waals surface area contributed by atoms with Crippen molar-refractivity contribution in [2.75, 3.05) is 6.61 Å². The summed E-state index contributed by atoms with van der Waals surface area (Å²) in [6, 6.07) is 13.1. The van der Waals surface area contributed by atoms with Crippen molar-refractivity contribution in [2.24, 2.45) is 17.8 Å². The highest BCUT2D eigenvalue weighted by molar-refractivity contribution is 6.04. The van der Waals surface area contributed by atoms with Gasteiger partial charge in [0.15, 0.2) is 5.78 Å². The Balaban J connectivity index is 1.29.